The number of hydrogen-bond acceptors (Lipinski definition) is 8. The smallest absolute Gasteiger partial charge is 0.314 e. The van der Waals surface area contributed by atoms with Crippen molar-refractivity contribution in [2.45, 2.75) is 120 Å². The summed E-state index contributed by atoms with van der Waals surface area (Å²) in [5.74, 6) is 1.53. The van der Waals surface area contributed by atoms with Crippen molar-refractivity contribution in [1.29, 1.82) is 10.5 Å². The molecule has 1 aromatic carbocycles. The molecule has 220 valence electrons. The molecule has 6 nitrogen and oxygen atoms in total. The lowest BCUT2D eigenvalue weighted by Gasteiger charge is -2.28. The summed E-state index contributed by atoms with van der Waals surface area (Å²) in [6, 6.07) is 5.70. The van der Waals surface area contributed by atoms with Crippen LogP contribution in [0.4, 0.5) is 0 Å². The minimum atomic E-state index is -0.228. The van der Waals surface area contributed by atoms with Gasteiger partial charge in [-0.05, 0) is 81.8 Å². The Balaban J connectivity index is 1.51. The predicted molar refractivity (Wildman–Crippen MR) is 162 cm³/mol. The van der Waals surface area contributed by atoms with E-state index in [0.29, 0.717) is 42.9 Å². The highest BCUT2D eigenvalue weighted by molar-refractivity contribution is 8.24. The first-order valence-electron chi connectivity index (χ1n) is 15.4. The van der Waals surface area contributed by atoms with E-state index in [4.69, 9.17) is 9.47 Å². The number of ether oxygens (including phenoxy) is 2. The van der Waals surface area contributed by atoms with E-state index in [9.17, 15) is 20.1 Å². The Bertz CT molecular complexity index is 1210. The number of carbonyl (C=O) groups is 2. The predicted octanol–water partition coefficient (Wildman–Crippen LogP) is 9.26. The Kier molecular flexibility index (Phi) is 11.7. The van der Waals surface area contributed by atoms with Crippen LogP contribution in [0.2, 0.25) is 0 Å². The highest BCUT2D eigenvalue weighted by atomic mass is 32.2. The summed E-state index contributed by atoms with van der Waals surface area (Å²) < 4.78 is 12.6. The van der Waals surface area contributed by atoms with Crippen molar-refractivity contribution in [3.63, 3.8) is 0 Å². The van der Waals surface area contributed by atoms with Gasteiger partial charge in [0.05, 0.1) is 25.9 Å². The summed E-state index contributed by atoms with van der Waals surface area (Å²) >= 11 is 2.49. The van der Waals surface area contributed by atoms with Crippen molar-refractivity contribution in [2.24, 2.45) is 23.7 Å². The Morgan fingerprint density at radius 2 is 1.29 bits per heavy atom. The van der Waals surface area contributed by atoms with Gasteiger partial charge < -0.3 is 9.47 Å². The number of carbonyl (C=O) groups excluding carboxylic acids is 2. The lowest BCUT2D eigenvalue weighted by molar-refractivity contribution is -0.141. The topological polar surface area (TPSA) is 100 Å². The van der Waals surface area contributed by atoms with Crippen molar-refractivity contribution < 1.29 is 19.1 Å². The SMILES string of the molecule is CCCCC1CCC(C(=O)Oc2cc(C)c(OC(=O)C3CCC(CCCC)CC3)c3c2SC(=C(C#N)C#N)S3)CC1. The third kappa shape index (κ3) is 7.90. The van der Waals surface area contributed by atoms with Gasteiger partial charge in [0.1, 0.15) is 29.2 Å². The standard InChI is InChI=1S/C33H42N2O4S2/c1-4-6-8-22-10-14-24(15-11-22)31(36)38-27-18-21(3)28(30-29(27)40-33(41-30)26(19-34)20-35)39-32(37)25-16-12-23(13-17-25)9-7-5-2/h18,22-25H,4-17H2,1-3H3. The molecular formula is C33H42N2O4S2. The van der Waals surface area contributed by atoms with Crippen LogP contribution in [0.3, 0.4) is 0 Å². The number of nitrogens with zero attached hydrogens (tertiary/aromatic N) is 2. The average Bonchev–Trinajstić information content (AvgIpc) is 3.43. The Morgan fingerprint density at radius 3 is 1.78 bits per heavy atom. The summed E-state index contributed by atoms with van der Waals surface area (Å²) in [5, 5.41) is 19.0. The highest BCUT2D eigenvalue weighted by Gasteiger charge is 2.35. The van der Waals surface area contributed by atoms with Gasteiger partial charge >= 0.3 is 11.9 Å². The van der Waals surface area contributed by atoms with Gasteiger partial charge in [0.15, 0.2) is 0 Å². The largest absolute Gasteiger partial charge is 0.425 e. The van der Waals surface area contributed by atoms with Crippen LogP contribution in [-0.4, -0.2) is 11.9 Å². The second-order valence-electron chi connectivity index (χ2n) is 11.8. The fraction of sp³-hybridized carbons (Fsp3) is 0.636. The van der Waals surface area contributed by atoms with Gasteiger partial charge in [0.25, 0.3) is 0 Å². The molecule has 2 fully saturated rings. The van der Waals surface area contributed by atoms with Gasteiger partial charge in [-0.25, -0.2) is 0 Å². The van der Waals surface area contributed by atoms with E-state index in [1.165, 1.54) is 62.0 Å². The van der Waals surface area contributed by atoms with E-state index in [-0.39, 0.29) is 29.3 Å². The Morgan fingerprint density at radius 1 is 0.805 bits per heavy atom. The second kappa shape index (κ2) is 15.2. The monoisotopic (exact) mass is 594 g/mol. The number of hydrogen-bond donors (Lipinski definition) is 0. The molecule has 0 N–H and O–H groups in total. The molecule has 41 heavy (non-hydrogen) atoms. The zero-order chi connectivity index (χ0) is 29.4. The number of aryl methyl sites for hydroxylation is 1. The maximum absolute atomic E-state index is 13.3. The molecule has 0 unspecified atom stereocenters. The van der Waals surface area contributed by atoms with Gasteiger partial charge in [0.2, 0.25) is 0 Å². The van der Waals surface area contributed by atoms with Crippen molar-refractivity contribution in [3.8, 4) is 23.6 Å². The molecule has 0 bridgehead atoms. The molecule has 1 aromatic rings. The third-order valence-electron chi connectivity index (χ3n) is 8.86. The molecule has 8 heteroatoms. The van der Waals surface area contributed by atoms with E-state index in [1.807, 2.05) is 19.1 Å². The number of allylic oxidation sites excluding steroid dienone is 1. The number of thioether (sulfide) groups is 2. The maximum Gasteiger partial charge on any atom is 0.314 e. The van der Waals surface area contributed by atoms with Gasteiger partial charge in [-0.2, -0.15) is 10.5 Å². The molecule has 0 radical (unpaired) electrons. The van der Waals surface area contributed by atoms with Gasteiger partial charge in [-0.15, -0.1) is 0 Å². The molecule has 0 spiro atoms. The number of nitriles is 2. The number of benzene rings is 1. The van der Waals surface area contributed by atoms with Crippen molar-refractivity contribution in [2.75, 3.05) is 0 Å². The van der Waals surface area contributed by atoms with Gasteiger partial charge in [-0.1, -0.05) is 75.9 Å². The Labute approximate surface area is 253 Å². The number of fused-ring (bicyclic) bond motifs is 1. The van der Waals surface area contributed by atoms with E-state index in [1.54, 1.807) is 6.07 Å². The molecule has 0 amide bonds. The van der Waals surface area contributed by atoms with Crippen molar-refractivity contribution in [3.05, 3.63) is 21.4 Å². The van der Waals surface area contributed by atoms with Crippen molar-refractivity contribution in [1.82, 2.24) is 0 Å². The molecule has 1 heterocycles. The second-order valence-corrected chi connectivity index (χ2v) is 14.1. The first kappa shape index (κ1) is 31.5. The van der Waals surface area contributed by atoms with E-state index < -0.39 is 0 Å². The van der Waals surface area contributed by atoms with Crippen molar-refractivity contribution >= 4 is 35.5 Å². The lowest BCUT2D eigenvalue weighted by atomic mass is 9.80. The zero-order valence-corrected chi connectivity index (χ0v) is 26.3. The molecule has 0 aromatic heterocycles. The van der Waals surface area contributed by atoms with Crippen LogP contribution in [0.25, 0.3) is 0 Å². The number of esters is 2. The van der Waals surface area contributed by atoms with Crippen LogP contribution in [0.1, 0.15) is 109 Å². The molecule has 1 aliphatic heterocycles. The molecule has 2 aliphatic carbocycles. The van der Waals surface area contributed by atoms with Gasteiger partial charge in [0, 0.05) is 0 Å². The normalized spacial score (nSPS) is 23.7. The summed E-state index contributed by atoms with van der Waals surface area (Å²) in [6.45, 7) is 6.27. The molecule has 3 aliphatic rings. The van der Waals surface area contributed by atoms with E-state index in [2.05, 4.69) is 13.8 Å². The van der Waals surface area contributed by atoms with Crippen LogP contribution < -0.4 is 9.47 Å². The third-order valence-corrected chi connectivity index (χ3v) is 11.5. The fourth-order valence-corrected chi connectivity index (χ4v) is 8.82. The molecule has 4 rings (SSSR count). The minimum Gasteiger partial charge on any atom is -0.425 e. The average molecular weight is 595 g/mol. The minimum absolute atomic E-state index is 0.000732. The quantitative estimate of drug-likeness (QED) is 0.150. The van der Waals surface area contributed by atoms with Gasteiger partial charge in [-0.3, -0.25) is 9.59 Å². The first-order valence-corrected chi connectivity index (χ1v) is 17.0. The fourth-order valence-electron chi connectivity index (χ4n) is 6.27. The first-order chi connectivity index (χ1) is 19.9. The van der Waals surface area contributed by atoms with Crippen LogP contribution in [0.15, 0.2) is 25.7 Å². The summed E-state index contributed by atoms with van der Waals surface area (Å²) in [4.78, 5) is 27.8. The summed E-state index contributed by atoms with van der Waals surface area (Å²) in [7, 11) is 0. The van der Waals surface area contributed by atoms with E-state index >= 15 is 0 Å². The molecule has 0 atom stereocenters. The number of unbranched alkanes of at least 4 members (excludes halogenated alkanes) is 2. The zero-order valence-electron chi connectivity index (χ0n) is 24.6. The molecule has 0 saturated heterocycles. The van der Waals surface area contributed by atoms with Crippen LogP contribution >= 0.6 is 23.5 Å². The summed E-state index contributed by atoms with van der Waals surface area (Å²) in [5.41, 5.74) is 0.698. The number of rotatable bonds is 10. The lowest BCUT2D eigenvalue weighted by Crippen LogP contribution is -2.26. The van der Waals surface area contributed by atoms with Crippen LogP contribution in [-0.2, 0) is 9.59 Å². The van der Waals surface area contributed by atoms with Crippen LogP contribution in [0.5, 0.6) is 11.5 Å². The Hall–Kier alpha value is -2.42. The summed E-state index contributed by atoms with van der Waals surface area (Å²) in [6.07, 6.45) is 14.9. The highest BCUT2D eigenvalue weighted by Crippen LogP contribution is 2.60. The van der Waals surface area contributed by atoms with E-state index in [0.717, 1.165) is 51.4 Å². The molecule has 2 saturated carbocycles. The van der Waals surface area contributed by atoms with Crippen LogP contribution in [0, 0.1) is 53.3 Å². The maximum atomic E-state index is 13.3. The molecular weight excluding hydrogens is 553 g/mol.